The molecular formula is C28H28N2O. The Kier molecular flexibility index (Phi) is 6.89. The number of carbonyl (C=O) groups is 1. The van der Waals surface area contributed by atoms with E-state index in [1.165, 1.54) is 11.1 Å². The van der Waals surface area contributed by atoms with Crippen molar-refractivity contribution < 1.29 is 4.79 Å². The number of hydrogen-bond acceptors (Lipinski definition) is 3. The first-order chi connectivity index (χ1) is 15.2. The van der Waals surface area contributed by atoms with Gasteiger partial charge in [-0.1, -0.05) is 61.2 Å². The standard InChI is InChI=1S/C28H28N2O/c1-21(18-27(31)26-14-15-26)17-24-10-7-23(8-11-24)9-12-25-19-29-28(30-20-25)16-13-22-5-3-2-4-6-22/h2-8,10-11,19-21,26H,13-18H2,1H3. The zero-order chi connectivity index (χ0) is 21.5. The van der Waals surface area contributed by atoms with Crippen molar-refractivity contribution in [3.8, 4) is 11.8 Å². The largest absolute Gasteiger partial charge is 0.299 e. The average molecular weight is 409 g/mol. The first-order valence-corrected chi connectivity index (χ1v) is 11.1. The maximum Gasteiger partial charge on any atom is 0.136 e. The zero-order valence-electron chi connectivity index (χ0n) is 18.1. The van der Waals surface area contributed by atoms with Crippen LogP contribution in [-0.4, -0.2) is 15.8 Å². The van der Waals surface area contributed by atoms with E-state index in [-0.39, 0.29) is 0 Å². The SMILES string of the molecule is CC(CC(=O)C1CC1)Cc1ccc(C#Cc2cnc(CCc3ccccc3)nc2)cc1. The Bertz CT molecular complexity index is 1060. The number of aromatic nitrogens is 2. The van der Waals surface area contributed by atoms with Gasteiger partial charge < -0.3 is 0 Å². The maximum absolute atomic E-state index is 12.0. The van der Waals surface area contributed by atoms with E-state index in [1.54, 1.807) is 12.4 Å². The fourth-order valence-electron chi connectivity index (χ4n) is 3.71. The molecule has 1 unspecified atom stereocenters. The van der Waals surface area contributed by atoms with E-state index in [0.29, 0.717) is 24.0 Å². The van der Waals surface area contributed by atoms with Gasteiger partial charge in [0.1, 0.15) is 11.6 Å². The molecule has 1 aliphatic rings. The van der Waals surface area contributed by atoms with E-state index >= 15 is 0 Å². The lowest BCUT2D eigenvalue weighted by molar-refractivity contribution is -0.121. The topological polar surface area (TPSA) is 42.9 Å². The van der Waals surface area contributed by atoms with Gasteiger partial charge in [-0.25, -0.2) is 9.97 Å². The molecule has 1 saturated carbocycles. The molecule has 0 spiro atoms. The van der Waals surface area contributed by atoms with Crippen LogP contribution in [0.15, 0.2) is 67.0 Å². The van der Waals surface area contributed by atoms with Gasteiger partial charge in [-0.2, -0.15) is 0 Å². The smallest absolute Gasteiger partial charge is 0.136 e. The molecule has 0 bridgehead atoms. The minimum absolute atomic E-state index is 0.363. The summed E-state index contributed by atoms with van der Waals surface area (Å²) in [6, 6.07) is 18.7. The molecule has 0 saturated heterocycles. The second kappa shape index (κ2) is 10.2. The third-order valence-electron chi connectivity index (χ3n) is 5.66. The predicted molar refractivity (Wildman–Crippen MR) is 124 cm³/mol. The quantitative estimate of drug-likeness (QED) is 0.481. The summed E-state index contributed by atoms with van der Waals surface area (Å²) >= 11 is 0. The van der Waals surface area contributed by atoms with Gasteiger partial charge in [0.2, 0.25) is 0 Å². The summed E-state index contributed by atoms with van der Waals surface area (Å²) in [5, 5.41) is 0. The Morgan fingerprint density at radius 2 is 1.58 bits per heavy atom. The highest BCUT2D eigenvalue weighted by Gasteiger charge is 2.29. The summed E-state index contributed by atoms with van der Waals surface area (Å²) < 4.78 is 0. The van der Waals surface area contributed by atoms with Gasteiger partial charge in [-0.05, 0) is 54.9 Å². The normalized spacial score (nSPS) is 13.8. The van der Waals surface area contributed by atoms with Crippen molar-refractivity contribution in [3.63, 3.8) is 0 Å². The van der Waals surface area contributed by atoms with Gasteiger partial charge in [0.15, 0.2) is 0 Å². The molecule has 0 amide bonds. The number of aryl methyl sites for hydroxylation is 2. The van der Waals surface area contributed by atoms with Gasteiger partial charge in [0.05, 0.1) is 5.56 Å². The molecule has 4 rings (SSSR count). The number of nitrogens with zero attached hydrogens (tertiary/aromatic N) is 2. The zero-order valence-corrected chi connectivity index (χ0v) is 18.1. The number of ketones is 1. The van der Waals surface area contributed by atoms with E-state index in [2.05, 4.69) is 65.1 Å². The van der Waals surface area contributed by atoms with Crippen LogP contribution in [0.2, 0.25) is 0 Å². The summed E-state index contributed by atoms with van der Waals surface area (Å²) in [7, 11) is 0. The third kappa shape index (κ3) is 6.62. The van der Waals surface area contributed by atoms with Crippen LogP contribution >= 0.6 is 0 Å². The first kappa shape index (κ1) is 21.0. The lowest BCUT2D eigenvalue weighted by atomic mass is 9.94. The molecule has 1 aliphatic carbocycles. The van der Waals surface area contributed by atoms with Crippen LogP contribution in [0.25, 0.3) is 0 Å². The van der Waals surface area contributed by atoms with Crippen molar-refractivity contribution in [2.75, 3.05) is 0 Å². The molecule has 3 aromatic rings. The number of benzene rings is 2. The lowest BCUT2D eigenvalue weighted by Gasteiger charge is -2.10. The Balaban J connectivity index is 1.28. The summed E-state index contributed by atoms with van der Waals surface area (Å²) in [5.74, 6) is 8.38. The molecule has 0 aliphatic heterocycles. The van der Waals surface area contributed by atoms with E-state index in [4.69, 9.17) is 0 Å². The van der Waals surface area contributed by atoms with Crippen LogP contribution in [0.4, 0.5) is 0 Å². The Hall–Kier alpha value is -3.25. The Morgan fingerprint density at radius 3 is 2.26 bits per heavy atom. The second-order valence-corrected chi connectivity index (χ2v) is 8.57. The molecule has 1 atom stereocenters. The molecule has 31 heavy (non-hydrogen) atoms. The van der Waals surface area contributed by atoms with Crippen molar-refractivity contribution in [1.29, 1.82) is 0 Å². The highest BCUT2D eigenvalue weighted by Crippen LogP contribution is 2.32. The minimum Gasteiger partial charge on any atom is -0.299 e. The fraction of sp³-hybridized carbons (Fsp3) is 0.321. The first-order valence-electron chi connectivity index (χ1n) is 11.1. The highest BCUT2D eigenvalue weighted by molar-refractivity contribution is 5.83. The van der Waals surface area contributed by atoms with Gasteiger partial charge in [-0.3, -0.25) is 4.79 Å². The van der Waals surface area contributed by atoms with Crippen molar-refractivity contribution in [3.05, 3.63) is 95.1 Å². The predicted octanol–water partition coefficient (Wildman–Crippen LogP) is 5.21. The number of rotatable bonds is 8. The van der Waals surface area contributed by atoms with E-state index in [0.717, 1.165) is 49.1 Å². The van der Waals surface area contributed by atoms with Crippen LogP contribution in [0, 0.1) is 23.7 Å². The minimum atomic E-state index is 0.363. The molecule has 1 aromatic heterocycles. The second-order valence-electron chi connectivity index (χ2n) is 8.57. The Morgan fingerprint density at radius 1 is 0.903 bits per heavy atom. The summed E-state index contributed by atoms with van der Waals surface area (Å²) in [6.07, 6.45) is 9.19. The summed E-state index contributed by atoms with van der Waals surface area (Å²) in [5.41, 5.74) is 4.34. The average Bonchev–Trinajstić information content (AvgIpc) is 3.64. The van der Waals surface area contributed by atoms with Crippen LogP contribution in [0.5, 0.6) is 0 Å². The van der Waals surface area contributed by atoms with Gasteiger partial charge in [0, 0.05) is 36.7 Å². The number of hydrogen-bond donors (Lipinski definition) is 0. The molecule has 3 heteroatoms. The highest BCUT2D eigenvalue weighted by atomic mass is 16.1. The summed E-state index contributed by atoms with van der Waals surface area (Å²) in [4.78, 5) is 20.9. The molecule has 0 radical (unpaired) electrons. The van der Waals surface area contributed by atoms with Gasteiger partial charge in [0.25, 0.3) is 0 Å². The third-order valence-corrected chi connectivity index (χ3v) is 5.66. The molecule has 1 fully saturated rings. The number of carbonyl (C=O) groups excluding carboxylic acids is 1. The van der Waals surface area contributed by atoms with Crippen LogP contribution in [0.1, 0.15) is 54.3 Å². The molecule has 2 aromatic carbocycles. The van der Waals surface area contributed by atoms with Crippen molar-refractivity contribution in [2.45, 2.75) is 45.4 Å². The molecule has 3 nitrogen and oxygen atoms in total. The van der Waals surface area contributed by atoms with Crippen molar-refractivity contribution in [1.82, 2.24) is 9.97 Å². The fourth-order valence-corrected chi connectivity index (χ4v) is 3.71. The Labute approximate surface area is 185 Å². The van der Waals surface area contributed by atoms with Crippen LogP contribution < -0.4 is 0 Å². The molecular weight excluding hydrogens is 380 g/mol. The van der Waals surface area contributed by atoms with E-state index in [9.17, 15) is 4.79 Å². The van der Waals surface area contributed by atoms with E-state index < -0.39 is 0 Å². The van der Waals surface area contributed by atoms with Crippen molar-refractivity contribution in [2.24, 2.45) is 11.8 Å². The lowest BCUT2D eigenvalue weighted by Crippen LogP contribution is -2.09. The molecule has 156 valence electrons. The van der Waals surface area contributed by atoms with Crippen LogP contribution in [0.3, 0.4) is 0 Å². The molecule has 0 N–H and O–H groups in total. The monoisotopic (exact) mass is 408 g/mol. The summed E-state index contributed by atoms with van der Waals surface area (Å²) in [6.45, 7) is 2.16. The molecule has 1 heterocycles. The maximum atomic E-state index is 12.0. The van der Waals surface area contributed by atoms with E-state index in [1.807, 2.05) is 18.2 Å². The van der Waals surface area contributed by atoms with Gasteiger partial charge in [-0.15, -0.1) is 0 Å². The van der Waals surface area contributed by atoms with Crippen molar-refractivity contribution >= 4 is 5.78 Å². The number of Topliss-reactive ketones (excluding diaryl/α,β-unsaturated/α-hetero) is 1. The van der Waals surface area contributed by atoms with Crippen LogP contribution in [-0.2, 0) is 24.1 Å². The van der Waals surface area contributed by atoms with Gasteiger partial charge >= 0.3 is 0 Å².